The molecule has 1 unspecified atom stereocenters. The number of aliphatic hydroxyl groups is 1. The highest BCUT2D eigenvalue weighted by molar-refractivity contribution is 6.46. The van der Waals surface area contributed by atoms with Crippen LogP contribution in [-0.4, -0.2) is 74.6 Å². The number of carbonyl (C=O) groups excluding carboxylic acids is 2. The molecule has 1 aliphatic rings. The molecule has 3 rings (SSSR count). The number of nitrogens with zero attached hydrogens (tertiary/aromatic N) is 2. The third-order valence-electron chi connectivity index (χ3n) is 5.87. The van der Waals surface area contributed by atoms with Crippen LogP contribution in [-0.2, 0) is 9.59 Å². The summed E-state index contributed by atoms with van der Waals surface area (Å²) in [7, 11) is 6.97. The Morgan fingerprint density at radius 1 is 1.03 bits per heavy atom. The van der Waals surface area contributed by atoms with Crippen molar-refractivity contribution >= 4 is 17.4 Å². The molecule has 1 amide bonds. The number of likely N-dealkylation sites (tertiary alicyclic amines) is 1. The van der Waals surface area contributed by atoms with E-state index >= 15 is 0 Å². The Labute approximate surface area is 206 Å². The van der Waals surface area contributed by atoms with Crippen molar-refractivity contribution in [2.75, 3.05) is 48.0 Å². The van der Waals surface area contributed by atoms with E-state index in [1.54, 1.807) is 49.6 Å². The fraction of sp³-hybridized carbons (Fsp3) is 0.407. The molecule has 35 heavy (non-hydrogen) atoms. The lowest BCUT2D eigenvalue weighted by Crippen LogP contribution is -2.32. The summed E-state index contributed by atoms with van der Waals surface area (Å²) >= 11 is 0. The number of ether oxygens (including phenoxy) is 3. The average Bonchev–Trinajstić information content (AvgIpc) is 3.11. The molecule has 8 heteroatoms. The van der Waals surface area contributed by atoms with Gasteiger partial charge in [-0.2, -0.15) is 0 Å². The molecule has 1 aliphatic heterocycles. The van der Waals surface area contributed by atoms with Gasteiger partial charge in [0, 0.05) is 12.1 Å². The van der Waals surface area contributed by atoms with Crippen molar-refractivity contribution in [3.8, 4) is 17.2 Å². The number of ketones is 1. The molecule has 1 heterocycles. The van der Waals surface area contributed by atoms with Gasteiger partial charge in [0.25, 0.3) is 11.7 Å². The highest BCUT2D eigenvalue weighted by Crippen LogP contribution is 2.42. The van der Waals surface area contributed by atoms with Gasteiger partial charge < -0.3 is 29.1 Å². The molecule has 1 N–H and O–H groups in total. The molecular weight excluding hydrogens is 448 g/mol. The van der Waals surface area contributed by atoms with E-state index in [-0.39, 0.29) is 11.3 Å². The minimum absolute atomic E-state index is 0.0503. The average molecular weight is 483 g/mol. The van der Waals surface area contributed by atoms with Crippen molar-refractivity contribution < 1.29 is 28.9 Å². The van der Waals surface area contributed by atoms with Gasteiger partial charge >= 0.3 is 0 Å². The SMILES string of the molecule is CCCOc1ccc(/C(O)=C2\C(=O)C(=O)N(CCCN(C)C)C2c2ccc(OC)c(OC)c2)cc1. The summed E-state index contributed by atoms with van der Waals surface area (Å²) in [6, 6.07) is 11.3. The minimum Gasteiger partial charge on any atom is -0.507 e. The van der Waals surface area contributed by atoms with Gasteiger partial charge in [0.05, 0.1) is 32.4 Å². The molecule has 2 aromatic carbocycles. The van der Waals surface area contributed by atoms with Crippen LogP contribution in [0.1, 0.15) is 36.9 Å². The van der Waals surface area contributed by atoms with Crippen LogP contribution >= 0.6 is 0 Å². The smallest absolute Gasteiger partial charge is 0.295 e. The van der Waals surface area contributed by atoms with Crippen molar-refractivity contribution in [3.63, 3.8) is 0 Å². The summed E-state index contributed by atoms with van der Waals surface area (Å²) in [5.74, 6) is 0.112. The number of hydrogen-bond donors (Lipinski definition) is 1. The molecular formula is C27H34N2O6. The van der Waals surface area contributed by atoms with E-state index in [4.69, 9.17) is 14.2 Å². The third-order valence-corrected chi connectivity index (χ3v) is 5.87. The van der Waals surface area contributed by atoms with Crippen LogP contribution in [0.5, 0.6) is 17.2 Å². The fourth-order valence-electron chi connectivity index (χ4n) is 4.12. The van der Waals surface area contributed by atoms with Gasteiger partial charge in [0.2, 0.25) is 0 Å². The van der Waals surface area contributed by atoms with Crippen molar-refractivity contribution in [1.29, 1.82) is 0 Å². The van der Waals surface area contributed by atoms with Gasteiger partial charge in [-0.25, -0.2) is 0 Å². The Hall–Kier alpha value is -3.52. The molecule has 1 fully saturated rings. The zero-order chi connectivity index (χ0) is 25.5. The lowest BCUT2D eigenvalue weighted by Gasteiger charge is -2.26. The Morgan fingerprint density at radius 3 is 2.31 bits per heavy atom. The molecule has 0 bridgehead atoms. The maximum Gasteiger partial charge on any atom is 0.295 e. The first-order chi connectivity index (χ1) is 16.8. The van der Waals surface area contributed by atoms with Crippen LogP contribution in [0.2, 0.25) is 0 Å². The minimum atomic E-state index is -0.756. The second kappa shape index (κ2) is 11.8. The summed E-state index contributed by atoms with van der Waals surface area (Å²) in [4.78, 5) is 29.8. The fourth-order valence-corrected chi connectivity index (χ4v) is 4.12. The van der Waals surface area contributed by atoms with Crippen LogP contribution in [0, 0.1) is 0 Å². The molecule has 0 aliphatic carbocycles. The Morgan fingerprint density at radius 2 is 1.71 bits per heavy atom. The van der Waals surface area contributed by atoms with Crippen molar-refractivity contribution in [2.24, 2.45) is 0 Å². The number of amides is 1. The lowest BCUT2D eigenvalue weighted by atomic mass is 9.95. The Balaban J connectivity index is 2.08. The highest BCUT2D eigenvalue weighted by atomic mass is 16.5. The number of aliphatic hydroxyl groups excluding tert-OH is 1. The molecule has 0 spiro atoms. The quantitative estimate of drug-likeness (QED) is 0.296. The van der Waals surface area contributed by atoms with E-state index in [9.17, 15) is 14.7 Å². The van der Waals surface area contributed by atoms with E-state index in [0.717, 1.165) is 13.0 Å². The topological polar surface area (TPSA) is 88.5 Å². The van der Waals surface area contributed by atoms with Crippen molar-refractivity contribution in [2.45, 2.75) is 25.8 Å². The number of Topliss-reactive ketones (excluding diaryl/α,β-unsaturated/α-hetero) is 1. The van der Waals surface area contributed by atoms with E-state index in [2.05, 4.69) is 0 Å². The summed E-state index contributed by atoms with van der Waals surface area (Å²) in [6.45, 7) is 3.72. The normalized spacial score (nSPS) is 17.2. The molecule has 0 saturated carbocycles. The van der Waals surface area contributed by atoms with Crippen molar-refractivity contribution in [3.05, 3.63) is 59.2 Å². The van der Waals surface area contributed by atoms with Crippen LogP contribution in [0.4, 0.5) is 0 Å². The largest absolute Gasteiger partial charge is 0.507 e. The number of methoxy groups -OCH3 is 2. The van der Waals surface area contributed by atoms with Gasteiger partial charge in [-0.3, -0.25) is 9.59 Å². The van der Waals surface area contributed by atoms with Crippen LogP contribution in [0.25, 0.3) is 5.76 Å². The van der Waals surface area contributed by atoms with Crippen LogP contribution < -0.4 is 14.2 Å². The maximum absolute atomic E-state index is 13.2. The first-order valence-electron chi connectivity index (χ1n) is 11.7. The monoisotopic (exact) mass is 482 g/mol. The summed E-state index contributed by atoms with van der Waals surface area (Å²) in [5, 5.41) is 11.2. The summed E-state index contributed by atoms with van der Waals surface area (Å²) < 4.78 is 16.4. The predicted octanol–water partition coefficient (Wildman–Crippen LogP) is 3.87. The third kappa shape index (κ3) is 5.77. The lowest BCUT2D eigenvalue weighted by molar-refractivity contribution is -0.139. The molecule has 0 radical (unpaired) electrons. The molecule has 1 atom stereocenters. The molecule has 8 nitrogen and oxygen atoms in total. The van der Waals surface area contributed by atoms with Gasteiger partial charge in [-0.15, -0.1) is 0 Å². The van der Waals surface area contributed by atoms with Gasteiger partial charge in [-0.05, 0) is 75.4 Å². The van der Waals surface area contributed by atoms with Gasteiger partial charge in [0.15, 0.2) is 11.5 Å². The van der Waals surface area contributed by atoms with E-state index in [1.165, 1.54) is 12.0 Å². The molecule has 188 valence electrons. The maximum atomic E-state index is 13.2. The number of rotatable bonds is 11. The predicted molar refractivity (Wildman–Crippen MR) is 134 cm³/mol. The Kier molecular flexibility index (Phi) is 8.76. The molecule has 2 aromatic rings. The van der Waals surface area contributed by atoms with E-state index < -0.39 is 17.7 Å². The molecule has 1 saturated heterocycles. The van der Waals surface area contributed by atoms with Crippen molar-refractivity contribution in [1.82, 2.24) is 9.80 Å². The zero-order valence-corrected chi connectivity index (χ0v) is 21.0. The van der Waals surface area contributed by atoms with Gasteiger partial charge in [0.1, 0.15) is 11.5 Å². The number of carbonyl (C=O) groups is 2. The van der Waals surface area contributed by atoms with Crippen LogP contribution in [0.3, 0.4) is 0 Å². The summed E-state index contributed by atoms with van der Waals surface area (Å²) in [6.07, 6.45) is 1.55. The van der Waals surface area contributed by atoms with E-state index in [1.807, 2.05) is 25.9 Å². The first kappa shape index (κ1) is 26.1. The second-order valence-electron chi connectivity index (χ2n) is 8.64. The second-order valence-corrected chi connectivity index (χ2v) is 8.64. The number of benzene rings is 2. The highest BCUT2D eigenvalue weighted by Gasteiger charge is 2.46. The molecule has 0 aromatic heterocycles. The van der Waals surface area contributed by atoms with E-state index in [0.29, 0.717) is 47.9 Å². The van der Waals surface area contributed by atoms with Gasteiger partial charge in [-0.1, -0.05) is 13.0 Å². The number of hydrogen-bond acceptors (Lipinski definition) is 7. The van der Waals surface area contributed by atoms with Crippen LogP contribution in [0.15, 0.2) is 48.0 Å². The summed E-state index contributed by atoms with van der Waals surface area (Å²) in [5.41, 5.74) is 1.14. The first-order valence-corrected chi connectivity index (χ1v) is 11.7. The Bertz CT molecular complexity index is 1080. The standard InChI is InChI=1S/C27H34N2O6/c1-6-16-35-20-11-8-18(9-12-20)25(30)23-24(19-10-13-21(33-4)22(17-19)34-5)29(27(32)26(23)31)15-7-14-28(2)3/h8-13,17,24,30H,6-7,14-16H2,1-5H3/b25-23+. The zero-order valence-electron chi connectivity index (χ0n) is 21.0.